The van der Waals surface area contributed by atoms with Gasteiger partial charge in [-0.05, 0) is 135 Å². The van der Waals surface area contributed by atoms with Gasteiger partial charge in [-0.2, -0.15) is 0 Å². The van der Waals surface area contributed by atoms with Crippen LogP contribution in [0.2, 0.25) is 5.02 Å². The van der Waals surface area contributed by atoms with Crippen LogP contribution in [0.4, 0.5) is 0 Å². The quantitative estimate of drug-likeness (QED) is 0.241. The number of carboxylic acid groups (broad SMARTS) is 1. The van der Waals surface area contributed by atoms with Crippen molar-refractivity contribution in [3.05, 3.63) is 46.0 Å². The number of aliphatic hydroxyl groups excluding tert-OH is 1. The minimum absolute atomic E-state index is 0.00848. The van der Waals surface area contributed by atoms with Gasteiger partial charge in [0.1, 0.15) is 6.10 Å². The lowest BCUT2D eigenvalue weighted by Gasteiger charge is -2.72. The Morgan fingerprint density at radius 2 is 1.57 bits per heavy atom. The number of carbonyl (C=O) groups excluding carboxylic acids is 3. The summed E-state index contributed by atoms with van der Waals surface area (Å²) in [5, 5.41) is 22.5. The van der Waals surface area contributed by atoms with Gasteiger partial charge < -0.3 is 19.8 Å². The van der Waals surface area contributed by atoms with E-state index in [1.807, 2.05) is 0 Å². The Balaban J connectivity index is 1.28. The monoisotopic (exact) mass is 765 g/mol. The fourth-order valence-corrected chi connectivity index (χ4v) is 13.4. The van der Waals surface area contributed by atoms with Crippen molar-refractivity contribution in [2.24, 2.45) is 56.2 Å². The zero-order valence-electron chi connectivity index (χ0n) is 34.3. The maximum absolute atomic E-state index is 14.1. The number of aliphatic carboxylic acids is 1. The number of hydrogen-bond acceptors (Lipinski definition) is 6. The molecule has 1 aromatic rings. The first-order chi connectivity index (χ1) is 25.0. The molecule has 5 aliphatic rings. The average Bonchev–Trinajstić information content (AvgIpc) is 3.39. The van der Waals surface area contributed by atoms with Crippen molar-refractivity contribution in [3.8, 4) is 0 Å². The van der Waals surface area contributed by atoms with Crippen LogP contribution in [0, 0.1) is 56.2 Å². The number of benzene rings is 1. The van der Waals surface area contributed by atoms with Crippen molar-refractivity contribution < 1.29 is 34.1 Å². The van der Waals surface area contributed by atoms with Crippen molar-refractivity contribution in [2.45, 2.75) is 139 Å². The number of esters is 1. The van der Waals surface area contributed by atoms with Crippen LogP contribution in [0.3, 0.4) is 0 Å². The predicted octanol–water partition coefficient (Wildman–Crippen LogP) is 9.17. The Labute approximate surface area is 327 Å². The molecular weight excluding hydrogens is 702 g/mol. The van der Waals surface area contributed by atoms with E-state index in [4.69, 9.17) is 16.3 Å². The van der Waals surface area contributed by atoms with Crippen LogP contribution in [0.5, 0.6) is 0 Å². The molecule has 0 bridgehead atoms. The summed E-state index contributed by atoms with van der Waals surface area (Å²) < 4.78 is 6.16. The molecule has 1 amide bonds. The average molecular weight is 766 g/mol. The van der Waals surface area contributed by atoms with Crippen molar-refractivity contribution in [1.82, 2.24) is 4.90 Å². The first-order valence-electron chi connectivity index (χ1n) is 20.4. The number of fused-ring (bicyclic) bond motifs is 7. The van der Waals surface area contributed by atoms with Gasteiger partial charge in [0, 0.05) is 41.4 Å². The van der Waals surface area contributed by atoms with Gasteiger partial charge in [-0.3, -0.25) is 19.2 Å². The predicted molar refractivity (Wildman–Crippen MR) is 210 cm³/mol. The molecular formula is C45H64ClNO7. The number of aliphatic hydroxyl groups is 1. The second-order valence-electron chi connectivity index (χ2n) is 20.3. The maximum atomic E-state index is 14.1. The first-order valence-corrected chi connectivity index (χ1v) is 20.7. The molecule has 0 unspecified atom stereocenters. The molecule has 0 aliphatic heterocycles. The minimum atomic E-state index is -1.18. The van der Waals surface area contributed by atoms with Crippen LogP contribution < -0.4 is 0 Å². The van der Waals surface area contributed by atoms with Gasteiger partial charge in [0.2, 0.25) is 0 Å². The second kappa shape index (κ2) is 13.7. The van der Waals surface area contributed by atoms with E-state index >= 15 is 0 Å². The van der Waals surface area contributed by atoms with Gasteiger partial charge in [0.25, 0.3) is 5.91 Å². The number of carbonyl (C=O) groups is 4. The van der Waals surface area contributed by atoms with Crippen LogP contribution >= 0.6 is 11.6 Å². The smallest absolute Gasteiger partial charge is 0.309 e. The maximum Gasteiger partial charge on any atom is 0.309 e. The third-order valence-corrected chi connectivity index (χ3v) is 16.6. The van der Waals surface area contributed by atoms with Gasteiger partial charge in [-0.25, -0.2) is 0 Å². The Hall–Kier alpha value is -2.71. The summed E-state index contributed by atoms with van der Waals surface area (Å²) >= 11 is 6.08. The fourth-order valence-electron chi connectivity index (χ4n) is 13.2. The van der Waals surface area contributed by atoms with Crippen LogP contribution in [0.15, 0.2) is 35.4 Å². The minimum Gasteiger partial charge on any atom is -0.481 e. The number of halogens is 1. The number of ether oxygens (including phenoxy) is 1. The number of nitrogens with zero attached hydrogens (tertiary/aromatic N) is 1. The standard InChI is InChI=1S/C45H64ClNO7/c1-26(2)36-30(48)23-45(33(49)25-47(10)38(51)27-11-13-28(46)14-12-27)22-21-43(8)29(37(36)45)15-16-32-42(7)19-18-34(54-35(50)24-40(3,4)39(52)53)41(5,6)31(42)17-20-44(32,43)9/h11-14,26,29,31-34,49H,15-25H2,1-10H3,(H,52,53)/t29-,31+,32-,33+,34+,42+,43-,44-,45+/m1/s1. The topological polar surface area (TPSA) is 121 Å². The molecule has 1 aromatic carbocycles. The first kappa shape index (κ1) is 40.9. The van der Waals surface area contributed by atoms with E-state index in [1.165, 1.54) is 5.57 Å². The van der Waals surface area contributed by atoms with Crippen LogP contribution in [-0.4, -0.2) is 64.5 Å². The normalized spacial score (nSPS) is 36.4. The summed E-state index contributed by atoms with van der Waals surface area (Å²) in [5.41, 5.74) is 0.374. The van der Waals surface area contributed by atoms with Gasteiger partial charge in [0.05, 0.1) is 17.9 Å². The van der Waals surface area contributed by atoms with Crippen LogP contribution in [0.1, 0.15) is 137 Å². The molecule has 0 heterocycles. The number of rotatable bonds is 9. The van der Waals surface area contributed by atoms with E-state index in [9.17, 15) is 29.4 Å². The molecule has 8 nitrogen and oxygen atoms in total. The number of allylic oxidation sites excluding steroid dienone is 1. The lowest BCUT2D eigenvalue weighted by atomic mass is 9.33. The Morgan fingerprint density at radius 1 is 0.926 bits per heavy atom. The van der Waals surface area contributed by atoms with E-state index in [1.54, 1.807) is 50.1 Å². The Morgan fingerprint density at radius 3 is 2.19 bits per heavy atom. The van der Waals surface area contributed by atoms with Crippen molar-refractivity contribution in [1.29, 1.82) is 0 Å². The summed E-state index contributed by atoms with van der Waals surface area (Å²) in [6.07, 6.45) is 6.33. The van der Waals surface area contributed by atoms with E-state index in [2.05, 4.69) is 48.5 Å². The summed E-state index contributed by atoms with van der Waals surface area (Å²) in [6, 6.07) is 6.81. The molecule has 4 saturated carbocycles. The second-order valence-corrected chi connectivity index (χ2v) is 20.7. The number of ketones is 1. The lowest BCUT2D eigenvalue weighted by molar-refractivity contribution is -0.235. The fraction of sp³-hybridized carbons (Fsp3) is 0.733. The van der Waals surface area contributed by atoms with E-state index < -0.39 is 28.9 Å². The largest absolute Gasteiger partial charge is 0.481 e. The van der Waals surface area contributed by atoms with Gasteiger partial charge in [0.15, 0.2) is 5.78 Å². The molecule has 54 heavy (non-hydrogen) atoms. The molecule has 298 valence electrons. The summed E-state index contributed by atoms with van der Waals surface area (Å²) in [6.45, 7) is 19.5. The van der Waals surface area contributed by atoms with Crippen molar-refractivity contribution in [2.75, 3.05) is 13.6 Å². The van der Waals surface area contributed by atoms with Gasteiger partial charge in [-0.1, -0.05) is 65.6 Å². The molecule has 9 atom stereocenters. The SMILES string of the molecule is CC(C)C1=C2[C@H]3CC[C@@H]4[C@@]5(C)CC[C@H](OC(=O)CC(C)(C)C(=O)O)C(C)(C)[C@@H]5CC[C@@]4(C)[C@]3(C)CC[C@@]2([C@@H](O)CN(C)C(=O)c2ccc(Cl)cc2)CC1=O. The lowest BCUT2D eigenvalue weighted by Crippen LogP contribution is -2.66. The molecule has 0 saturated heterocycles. The third-order valence-electron chi connectivity index (χ3n) is 16.4. The zero-order valence-corrected chi connectivity index (χ0v) is 35.1. The highest BCUT2D eigenvalue weighted by Crippen LogP contribution is 2.77. The number of hydrogen-bond donors (Lipinski definition) is 2. The third kappa shape index (κ3) is 6.19. The molecule has 0 spiro atoms. The van der Waals surface area contributed by atoms with E-state index in [-0.39, 0.29) is 64.3 Å². The van der Waals surface area contributed by atoms with Crippen LogP contribution in [-0.2, 0) is 19.1 Å². The number of Topliss-reactive ketones (excluding diaryl/α,β-unsaturated/α-hetero) is 1. The number of amides is 1. The molecule has 0 aromatic heterocycles. The Bertz CT molecular complexity index is 1730. The zero-order chi connectivity index (χ0) is 40.0. The highest BCUT2D eigenvalue weighted by atomic mass is 35.5. The Kier molecular flexibility index (Phi) is 10.4. The molecule has 9 heteroatoms. The summed E-state index contributed by atoms with van der Waals surface area (Å²) in [7, 11) is 1.73. The van der Waals surface area contributed by atoms with Crippen LogP contribution in [0.25, 0.3) is 0 Å². The van der Waals surface area contributed by atoms with Gasteiger partial charge in [-0.15, -0.1) is 0 Å². The van der Waals surface area contributed by atoms with E-state index in [0.717, 1.165) is 50.5 Å². The molecule has 6 rings (SSSR count). The summed E-state index contributed by atoms with van der Waals surface area (Å²) in [4.78, 5) is 54.0. The van der Waals surface area contributed by atoms with Crippen molar-refractivity contribution in [3.63, 3.8) is 0 Å². The van der Waals surface area contributed by atoms with Gasteiger partial charge >= 0.3 is 11.9 Å². The van der Waals surface area contributed by atoms with E-state index in [0.29, 0.717) is 35.3 Å². The highest BCUT2D eigenvalue weighted by molar-refractivity contribution is 6.30. The molecule has 4 fully saturated rings. The highest BCUT2D eigenvalue weighted by Gasteiger charge is 2.71. The number of carboxylic acids is 1. The molecule has 2 N–H and O–H groups in total. The van der Waals surface area contributed by atoms with Crippen molar-refractivity contribution >= 4 is 35.2 Å². The summed E-state index contributed by atoms with van der Waals surface area (Å²) in [5.74, 6) is -0.508. The molecule has 0 radical (unpaired) electrons. The number of likely N-dealkylation sites (N-methyl/N-ethyl adjacent to an activating group) is 1. The molecule has 5 aliphatic carbocycles.